The van der Waals surface area contributed by atoms with E-state index < -0.39 is 35.1 Å². The van der Waals surface area contributed by atoms with Crippen molar-refractivity contribution in [2.24, 2.45) is 7.05 Å². The normalized spacial score (nSPS) is 20.3. The molecular formula is C24H28F3N7O4. The van der Waals surface area contributed by atoms with E-state index in [1.165, 1.54) is 11.9 Å². The van der Waals surface area contributed by atoms with Gasteiger partial charge in [0.15, 0.2) is 0 Å². The molecule has 1 saturated heterocycles. The highest BCUT2D eigenvalue weighted by atomic mass is 19.4. The number of anilines is 2. The molecule has 2 amide bonds. The Balaban J connectivity index is 1.21. The second-order valence-corrected chi connectivity index (χ2v) is 9.70. The summed E-state index contributed by atoms with van der Waals surface area (Å²) >= 11 is 0. The van der Waals surface area contributed by atoms with Gasteiger partial charge in [-0.3, -0.25) is 4.79 Å². The van der Waals surface area contributed by atoms with Gasteiger partial charge in [0.2, 0.25) is 5.88 Å². The number of alkyl halides is 3. The highest BCUT2D eigenvalue weighted by molar-refractivity contribution is 5.89. The van der Waals surface area contributed by atoms with Crippen LogP contribution in [0.25, 0.3) is 5.52 Å². The first-order chi connectivity index (χ1) is 18.0. The lowest BCUT2D eigenvalue weighted by Crippen LogP contribution is -2.47. The lowest BCUT2D eigenvalue weighted by molar-refractivity contribution is -0.138. The second kappa shape index (κ2) is 9.82. The zero-order chi connectivity index (χ0) is 27.2. The molecule has 2 fully saturated rings. The molecule has 2 aliphatic rings. The molecule has 14 heteroatoms. The molecule has 11 nitrogen and oxygen atoms in total. The average molecular weight is 536 g/mol. The molecule has 204 valence electrons. The predicted molar refractivity (Wildman–Crippen MR) is 131 cm³/mol. The summed E-state index contributed by atoms with van der Waals surface area (Å²) in [5.41, 5.74) is -0.505. The number of amides is 2. The molecule has 1 aliphatic carbocycles. The first-order valence-electron chi connectivity index (χ1n) is 12.3. The van der Waals surface area contributed by atoms with Crippen LogP contribution in [0.3, 0.4) is 0 Å². The lowest BCUT2D eigenvalue weighted by atomic mass is 9.92. The van der Waals surface area contributed by atoms with Crippen molar-refractivity contribution in [3.05, 3.63) is 46.8 Å². The minimum absolute atomic E-state index is 0.172. The van der Waals surface area contributed by atoms with E-state index in [9.17, 15) is 27.9 Å². The van der Waals surface area contributed by atoms with E-state index in [0.717, 1.165) is 28.6 Å². The second-order valence-electron chi connectivity index (χ2n) is 9.70. The smallest absolute Gasteiger partial charge is 0.417 e. The molecule has 2 atom stereocenters. The Morgan fingerprint density at radius 1 is 1.18 bits per heavy atom. The SMILES string of the molecule is CN(C(=O)Nc1cc(C(F)(F)F)cn(C)c1=O)C1CCN(c2cnn3cc(OC4CCC4O)ncc23)CC1. The summed E-state index contributed by atoms with van der Waals surface area (Å²) in [6.45, 7) is 1.23. The largest absolute Gasteiger partial charge is 0.471 e. The van der Waals surface area contributed by atoms with Gasteiger partial charge in [-0.15, -0.1) is 0 Å². The van der Waals surface area contributed by atoms with Gasteiger partial charge in [-0.25, -0.2) is 14.3 Å². The Kier molecular flexibility index (Phi) is 6.67. The third-order valence-electron chi connectivity index (χ3n) is 7.23. The number of hydrogen-bond donors (Lipinski definition) is 2. The predicted octanol–water partition coefficient (Wildman–Crippen LogP) is 2.48. The molecule has 0 bridgehead atoms. The lowest BCUT2D eigenvalue weighted by Gasteiger charge is -2.37. The van der Waals surface area contributed by atoms with Crippen LogP contribution in [-0.2, 0) is 13.2 Å². The molecule has 0 aromatic carbocycles. The van der Waals surface area contributed by atoms with E-state index in [-0.39, 0.29) is 12.1 Å². The Bertz CT molecular complexity index is 1400. The van der Waals surface area contributed by atoms with Crippen molar-refractivity contribution in [3.8, 4) is 5.88 Å². The van der Waals surface area contributed by atoms with Gasteiger partial charge in [0.05, 0.1) is 35.9 Å². The van der Waals surface area contributed by atoms with E-state index >= 15 is 0 Å². The quantitative estimate of drug-likeness (QED) is 0.516. The number of aromatic nitrogens is 4. The van der Waals surface area contributed by atoms with Crippen LogP contribution in [0.5, 0.6) is 5.88 Å². The summed E-state index contributed by atoms with van der Waals surface area (Å²) in [5, 5.41) is 16.5. The molecular weight excluding hydrogens is 507 g/mol. The first-order valence-corrected chi connectivity index (χ1v) is 12.3. The van der Waals surface area contributed by atoms with Crippen molar-refractivity contribution < 1.29 is 27.8 Å². The van der Waals surface area contributed by atoms with Crippen LogP contribution < -0.4 is 20.5 Å². The van der Waals surface area contributed by atoms with Crippen LogP contribution in [0.2, 0.25) is 0 Å². The number of fused-ring (bicyclic) bond motifs is 1. The molecule has 1 aliphatic heterocycles. The molecule has 1 saturated carbocycles. The number of rotatable bonds is 5. The molecule has 3 aromatic rings. The summed E-state index contributed by atoms with van der Waals surface area (Å²) in [5.74, 6) is 0.387. The number of carbonyl (C=O) groups excluding carboxylic acids is 1. The van der Waals surface area contributed by atoms with Crippen molar-refractivity contribution >= 4 is 22.9 Å². The number of pyridine rings is 1. The maximum absolute atomic E-state index is 13.1. The first kappa shape index (κ1) is 25.8. The number of aryl methyl sites for hydroxylation is 1. The van der Waals surface area contributed by atoms with Crippen molar-refractivity contribution in [3.63, 3.8) is 0 Å². The van der Waals surface area contributed by atoms with Crippen LogP contribution in [-0.4, -0.2) is 73.6 Å². The summed E-state index contributed by atoms with van der Waals surface area (Å²) in [6, 6.07) is -0.167. The number of nitrogens with zero attached hydrogens (tertiary/aromatic N) is 6. The number of aliphatic hydroxyl groups is 1. The number of piperidine rings is 1. The van der Waals surface area contributed by atoms with Gasteiger partial charge in [0.25, 0.3) is 5.56 Å². The molecule has 2 N–H and O–H groups in total. The number of nitrogens with one attached hydrogen (secondary N) is 1. The minimum atomic E-state index is -4.65. The molecule has 3 aromatic heterocycles. The van der Waals surface area contributed by atoms with E-state index in [1.54, 1.807) is 30.2 Å². The van der Waals surface area contributed by atoms with Crippen molar-refractivity contribution in [2.45, 2.75) is 50.1 Å². The summed E-state index contributed by atoms with van der Waals surface area (Å²) < 4.78 is 47.6. The topological polar surface area (TPSA) is 117 Å². The molecule has 4 heterocycles. The van der Waals surface area contributed by atoms with Gasteiger partial charge in [-0.2, -0.15) is 18.3 Å². The fourth-order valence-electron chi connectivity index (χ4n) is 4.72. The monoisotopic (exact) mass is 535 g/mol. The fourth-order valence-corrected chi connectivity index (χ4v) is 4.72. The number of aliphatic hydroxyl groups excluding tert-OH is 1. The van der Waals surface area contributed by atoms with Gasteiger partial charge in [0, 0.05) is 39.4 Å². The highest BCUT2D eigenvalue weighted by Crippen LogP contribution is 2.31. The Morgan fingerprint density at radius 3 is 2.55 bits per heavy atom. The van der Waals surface area contributed by atoms with Crippen LogP contribution in [0.4, 0.5) is 29.3 Å². The highest BCUT2D eigenvalue weighted by Gasteiger charge is 2.33. The van der Waals surface area contributed by atoms with E-state index in [2.05, 4.69) is 20.3 Å². The Hall–Kier alpha value is -3.81. The third-order valence-corrected chi connectivity index (χ3v) is 7.23. The number of ether oxygens (including phenoxy) is 1. The zero-order valence-electron chi connectivity index (χ0n) is 20.9. The number of carbonyl (C=O) groups is 1. The van der Waals surface area contributed by atoms with Gasteiger partial charge in [0.1, 0.15) is 17.3 Å². The summed E-state index contributed by atoms with van der Waals surface area (Å²) in [6.07, 6.45) is 3.11. The molecule has 5 rings (SSSR count). The fraction of sp³-hybridized carbons (Fsp3) is 0.500. The molecule has 2 unspecified atom stereocenters. The Labute approximate surface area is 215 Å². The molecule has 0 radical (unpaired) electrons. The summed E-state index contributed by atoms with van der Waals surface area (Å²) in [7, 11) is 2.77. The van der Waals surface area contributed by atoms with Gasteiger partial charge in [-0.1, -0.05) is 0 Å². The third kappa shape index (κ3) is 4.99. The zero-order valence-corrected chi connectivity index (χ0v) is 20.9. The standard InChI is InChI=1S/C24H28F3N7O4/c1-31-12-14(24(25,26)27)9-16(22(31)36)30-23(37)32(2)15-5-7-33(8-6-15)17-11-29-34-13-21(28-10-18(17)34)38-20-4-3-19(20)35/h9-13,15,19-20,35H,3-8H2,1-2H3,(H,30,37). The molecule has 38 heavy (non-hydrogen) atoms. The maximum atomic E-state index is 13.1. The number of halogens is 3. The van der Waals surface area contributed by atoms with Gasteiger partial charge >= 0.3 is 12.2 Å². The molecule has 0 spiro atoms. The van der Waals surface area contributed by atoms with Crippen LogP contribution in [0.1, 0.15) is 31.2 Å². The van der Waals surface area contributed by atoms with Gasteiger partial charge < -0.3 is 29.5 Å². The van der Waals surface area contributed by atoms with E-state index in [0.29, 0.717) is 44.1 Å². The van der Waals surface area contributed by atoms with Crippen LogP contribution in [0.15, 0.2) is 35.6 Å². The van der Waals surface area contributed by atoms with E-state index in [1.807, 2.05) is 0 Å². The van der Waals surface area contributed by atoms with E-state index in [4.69, 9.17) is 4.74 Å². The van der Waals surface area contributed by atoms with Crippen molar-refractivity contribution in [1.29, 1.82) is 0 Å². The Morgan fingerprint density at radius 2 is 1.92 bits per heavy atom. The maximum Gasteiger partial charge on any atom is 0.417 e. The van der Waals surface area contributed by atoms with Crippen molar-refractivity contribution in [2.75, 3.05) is 30.4 Å². The summed E-state index contributed by atoms with van der Waals surface area (Å²) in [4.78, 5) is 33.0. The van der Waals surface area contributed by atoms with Gasteiger partial charge in [-0.05, 0) is 31.7 Å². The number of hydrogen-bond acceptors (Lipinski definition) is 7. The minimum Gasteiger partial charge on any atom is -0.471 e. The average Bonchev–Trinajstić information content (AvgIpc) is 3.31. The van der Waals surface area contributed by atoms with Crippen molar-refractivity contribution in [1.82, 2.24) is 24.1 Å². The van der Waals surface area contributed by atoms with Crippen LogP contribution in [0, 0.1) is 0 Å². The number of urea groups is 1. The van der Waals surface area contributed by atoms with Crippen LogP contribution >= 0.6 is 0 Å².